The van der Waals surface area contributed by atoms with Crippen molar-refractivity contribution >= 4 is 32.3 Å². The zero-order chi connectivity index (χ0) is 13.4. The number of pyridine rings is 1. The summed E-state index contributed by atoms with van der Waals surface area (Å²) in [5.41, 5.74) is 1.14. The molecule has 0 amide bonds. The van der Waals surface area contributed by atoms with Crippen LogP contribution < -0.4 is 5.56 Å². The van der Waals surface area contributed by atoms with Gasteiger partial charge in [0.2, 0.25) is 0 Å². The minimum Gasteiger partial charge on any atom is -0.310 e. The van der Waals surface area contributed by atoms with Gasteiger partial charge in [-0.25, -0.2) is 0 Å². The lowest BCUT2D eigenvalue weighted by Crippen LogP contribution is -2.15. The first-order valence-electron chi connectivity index (χ1n) is 6.72. The van der Waals surface area contributed by atoms with Crippen LogP contribution in [-0.4, -0.2) is 4.57 Å². The zero-order valence-electron chi connectivity index (χ0n) is 11.3. The SMILES string of the molecule is CCCCc1cc2c(s1)c(=O)n(C)c1ccccc21. The van der Waals surface area contributed by atoms with Crippen molar-refractivity contribution < 1.29 is 0 Å². The monoisotopic (exact) mass is 271 g/mol. The Morgan fingerprint density at radius 2 is 2.00 bits per heavy atom. The molecule has 0 aliphatic carbocycles. The zero-order valence-corrected chi connectivity index (χ0v) is 12.1. The van der Waals surface area contributed by atoms with Gasteiger partial charge in [0.25, 0.3) is 5.56 Å². The van der Waals surface area contributed by atoms with E-state index in [4.69, 9.17) is 0 Å². The fourth-order valence-electron chi connectivity index (χ4n) is 2.53. The smallest absolute Gasteiger partial charge is 0.268 e. The van der Waals surface area contributed by atoms with Crippen molar-refractivity contribution in [1.29, 1.82) is 0 Å². The molecule has 0 bridgehead atoms. The largest absolute Gasteiger partial charge is 0.310 e. The topological polar surface area (TPSA) is 22.0 Å². The highest BCUT2D eigenvalue weighted by Gasteiger charge is 2.11. The lowest BCUT2D eigenvalue weighted by molar-refractivity contribution is 0.804. The van der Waals surface area contributed by atoms with Crippen molar-refractivity contribution in [2.24, 2.45) is 7.05 Å². The Labute approximate surface area is 116 Å². The van der Waals surface area contributed by atoms with Gasteiger partial charge in [-0.1, -0.05) is 31.5 Å². The molecular formula is C16H17NOS. The average molecular weight is 271 g/mol. The van der Waals surface area contributed by atoms with Gasteiger partial charge in [0.1, 0.15) is 4.70 Å². The highest BCUT2D eigenvalue weighted by molar-refractivity contribution is 7.19. The van der Waals surface area contributed by atoms with Crippen molar-refractivity contribution in [3.05, 3.63) is 45.6 Å². The molecule has 0 spiro atoms. The number of unbranched alkanes of at least 4 members (excludes halogenated alkanes) is 1. The second kappa shape index (κ2) is 4.82. The Morgan fingerprint density at radius 1 is 1.21 bits per heavy atom. The van der Waals surface area contributed by atoms with E-state index in [1.165, 1.54) is 23.1 Å². The van der Waals surface area contributed by atoms with Crippen LogP contribution in [0, 0.1) is 0 Å². The van der Waals surface area contributed by atoms with E-state index in [-0.39, 0.29) is 5.56 Å². The molecule has 98 valence electrons. The van der Waals surface area contributed by atoms with Crippen molar-refractivity contribution in [3.63, 3.8) is 0 Å². The van der Waals surface area contributed by atoms with Gasteiger partial charge in [-0.2, -0.15) is 0 Å². The highest BCUT2D eigenvalue weighted by Crippen LogP contribution is 2.30. The van der Waals surface area contributed by atoms with E-state index in [0.717, 1.165) is 22.0 Å². The number of hydrogen-bond acceptors (Lipinski definition) is 2. The van der Waals surface area contributed by atoms with Crippen LogP contribution in [0.2, 0.25) is 0 Å². The lowest BCUT2D eigenvalue weighted by Gasteiger charge is -2.05. The first-order valence-corrected chi connectivity index (χ1v) is 7.54. The number of aryl methyl sites for hydroxylation is 2. The quantitative estimate of drug-likeness (QED) is 0.703. The predicted octanol–water partition coefficient (Wildman–Crippen LogP) is 4.10. The summed E-state index contributed by atoms with van der Waals surface area (Å²) in [4.78, 5) is 13.7. The predicted molar refractivity (Wildman–Crippen MR) is 83.2 cm³/mol. The van der Waals surface area contributed by atoms with Crippen molar-refractivity contribution in [2.45, 2.75) is 26.2 Å². The second-order valence-corrected chi connectivity index (χ2v) is 6.08. The molecule has 0 saturated carbocycles. The summed E-state index contributed by atoms with van der Waals surface area (Å²) in [6.07, 6.45) is 3.45. The van der Waals surface area contributed by atoms with Gasteiger partial charge < -0.3 is 4.57 Å². The maximum absolute atomic E-state index is 12.4. The van der Waals surface area contributed by atoms with Gasteiger partial charge in [0, 0.05) is 22.7 Å². The first-order chi connectivity index (χ1) is 9.22. The second-order valence-electron chi connectivity index (χ2n) is 4.94. The number of hydrogen-bond donors (Lipinski definition) is 0. The number of benzene rings is 1. The minimum atomic E-state index is 0.126. The number of aromatic nitrogens is 1. The molecular weight excluding hydrogens is 254 g/mol. The maximum Gasteiger partial charge on any atom is 0.268 e. The number of nitrogens with zero attached hydrogens (tertiary/aromatic N) is 1. The minimum absolute atomic E-state index is 0.126. The molecule has 0 radical (unpaired) electrons. The molecule has 0 N–H and O–H groups in total. The third kappa shape index (κ3) is 1.98. The van der Waals surface area contributed by atoms with E-state index in [0.29, 0.717) is 0 Å². The molecule has 3 aromatic rings. The molecule has 3 heteroatoms. The number of rotatable bonds is 3. The van der Waals surface area contributed by atoms with E-state index in [2.05, 4.69) is 19.1 Å². The summed E-state index contributed by atoms with van der Waals surface area (Å²) in [6, 6.07) is 10.3. The third-order valence-electron chi connectivity index (χ3n) is 3.61. The molecule has 3 rings (SSSR count). The number of thiophene rings is 1. The van der Waals surface area contributed by atoms with Crippen LogP contribution in [0.15, 0.2) is 35.1 Å². The molecule has 0 fully saturated rings. The van der Waals surface area contributed by atoms with Crippen molar-refractivity contribution in [1.82, 2.24) is 4.57 Å². The third-order valence-corrected chi connectivity index (χ3v) is 4.80. The van der Waals surface area contributed by atoms with Gasteiger partial charge in [-0.05, 0) is 25.0 Å². The summed E-state index contributed by atoms with van der Waals surface area (Å²) in [7, 11) is 1.86. The lowest BCUT2D eigenvalue weighted by atomic mass is 10.1. The van der Waals surface area contributed by atoms with Crippen LogP contribution in [0.25, 0.3) is 21.0 Å². The summed E-state index contributed by atoms with van der Waals surface area (Å²) in [5, 5.41) is 2.30. The summed E-state index contributed by atoms with van der Waals surface area (Å²) in [5.74, 6) is 0. The molecule has 0 atom stereocenters. The Bertz CT molecular complexity index is 797. The molecule has 2 heterocycles. The molecule has 2 aromatic heterocycles. The summed E-state index contributed by atoms with van der Waals surface area (Å²) in [6.45, 7) is 2.20. The summed E-state index contributed by atoms with van der Waals surface area (Å²) >= 11 is 1.66. The van der Waals surface area contributed by atoms with Crippen LogP contribution in [-0.2, 0) is 13.5 Å². The molecule has 0 aliphatic heterocycles. The Morgan fingerprint density at radius 3 is 2.79 bits per heavy atom. The van der Waals surface area contributed by atoms with E-state index in [1.54, 1.807) is 15.9 Å². The highest BCUT2D eigenvalue weighted by atomic mass is 32.1. The Hall–Kier alpha value is -1.61. The number of para-hydroxylation sites is 1. The van der Waals surface area contributed by atoms with Crippen LogP contribution in [0.3, 0.4) is 0 Å². The molecule has 0 aliphatic rings. The molecule has 0 unspecified atom stereocenters. The van der Waals surface area contributed by atoms with Crippen molar-refractivity contribution in [3.8, 4) is 0 Å². The Kier molecular flexibility index (Phi) is 3.15. The Balaban J connectivity index is 2.34. The fourth-order valence-corrected chi connectivity index (χ4v) is 3.72. The van der Waals surface area contributed by atoms with Gasteiger partial charge >= 0.3 is 0 Å². The van der Waals surface area contributed by atoms with Crippen molar-refractivity contribution in [2.75, 3.05) is 0 Å². The van der Waals surface area contributed by atoms with E-state index < -0.39 is 0 Å². The van der Waals surface area contributed by atoms with Gasteiger partial charge in [-0.15, -0.1) is 11.3 Å². The van der Waals surface area contributed by atoms with Gasteiger partial charge in [0.05, 0.1) is 5.52 Å². The molecule has 1 aromatic carbocycles. The van der Waals surface area contributed by atoms with Crippen LogP contribution in [0.4, 0.5) is 0 Å². The molecule has 2 nitrogen and oxygen atoms in total. The van der Waals surface area contributed by atoms with E-state index >= 15 is 0 Å². The van der Waals surface area contributed by atoms with Crippen LogP contribution in [0.5, 0.6) is 0 Å². The summed E-state index contributed by atoms with van der Waals surface area (Å²) < 4.78 is 2.66. The van der Waals surface area contributed by atoms with E-state index in [9.17, 15) is 4.79 Å². The standard InChI is InChI=1S/C16H17NOS/c1-3-4-7-11-10-13-12-8-5-6-9-14(12)17(2)16(18)15(13)19-11/h5-6,8-10H,3-4,7H2,1-2H3. The molecule has 0 saturated heterocycles. The normalized spacial score (nSPS) is 11.5. The average Bonchev–Trinajstić information content (AvgIpc) is 2.87. The van der Waals surface area contributed by atoms with Crippen LogP contribution in [0.1, 0.15) is 24.6 Å². The molecule has 19 heavy (non-hydrogen) atoms. The maximum atomic E-state index is 12.4. The van der Waals surface area contributed by atoms with Gasteiger partial charge in [0.15, 0.2) is 0 Å². The van der Waals surface area contributed by atoms with Crippen LogP contribution >= 0.6 is 11.3 Å². The fraction of sp³-hybridized carbons (Fsp3) is 0.312. The number of fused-ring (bicyclic) bond motifs is 3. The van der Waals surface area contributed by atoms with Gasteiger partial charge in [-0.3, -0.25) is 4.79 Å². The van der Waals surface area contributed by atoms with E-state index in [1.807, 2.05) is 25.2 Å². The first kappa shape index (κ1) is 12.4.